The molecule has 9 nitrogen and oxygen atoms in total. The molecule has 0 aliphatic carbocycles. The van der Waals surface area contributed by atoms with E-state index >= 15 is 0 Å². The maximum Gasteiger partial charge on any atom is 0.416 e. The van der Waals surface area contributed by atoms with E-state index in [9.17, 15) is 26.4 Å². The van der Waals surface area contributed by atoms with Crippen molar-refractivity contribution in [1.82, 2.24) is 5.01 Å². The molecule has 0 heterocycles. The highest BCUT2D eigenvalue weighted by Gasteiger charge is 2.33. The number of nitrogens with two attached hydrogens (primary N) is 1. The van der Waals surface area contributed by atoms with Crippen LogP contribution in [0.25, 0.3) is 11.1 Å². The number of hydrazine groups is 1. The third-order valence-corrected chi connectivity index (χ3v) is 7.32. The van der Waals surface area contributed by atoms with Crippen LogP contribution in [0.4, 0.5) is 29.3 Å². The molecule has 0 aliphatic rings. The lowest BCUT2D eigenvalue weighted by atomic mass is 10.1. The molecule has 0 saturated carbocycles. The van der Waals surface area contributed by atoms with E-state index in [1.165, 1.54) is 30.3 Å². The standard InChI is InChI=1S/C29H26F3N5O4S/c1-42(40,41)26-12-5-3-10-24(26)19-13-15-22(16-14-19)34-28(38)37(18-21-7-2-4-11-25(21)29(30,31)32)35-23-9-6-8-20(17-23)27(33)36-39/h2-17,35,39H,18H2,1H3,(H2,33,36)(H,34,38). The van der Waals surface area contributed by atoms with E-state index in [1.54, 1.807) is 60.7 Å². The molecule has 218 valence electrons. The highest BCUT2D eigenvalue weighted by Crippen LogP contribution is 2.33. The Bertz CT molecular complexity index is 1730. The van der Waals surface area contributed by atoms with Gasteiger partial charge in [-0.3, -0.25) is 5.43 Å². The number of alkyl halides is 3. The van der Waals surface area contributed by atoms with E-state index in [4.69, 9.17) is 10.9 Å². The van der Waals surface area contributed by atoms with Crippen LogP contribution in [0.5, 0.6) is 0 Å². The summed E-state index contributed by atoms with van der Waals surface area (Å²) in [4.78, 5) is 13.5. The largest absolute Gasteiger partial charge is 0.416 e. The third-order valence-electron chi connectivity index (χ3n) is 6.16. The molecule has 0 bridgehead atoms. The molecule has 4 aromatic rings. The van der Waals surface area contributed by atoms with Gasteiger partial charge in [0, 0.05) is 23.1 Å². The number of hydrogen-bond acceptors (Lipinski definition) is 6. The van der Waals surface area contributed by atoms with E-state index in [0.717, 1.165) is 17.3 Å². The third kappa shape index (κ3) is 7.18. The number of halogens is 3. The van der Waals surface area contributed by atoms with Crippen molar-refractivity contribution in [1.29, 1.82) is 0 Å². The molecule has 4 aromatic carbocycles. The van der Waals surface area contributed by atoms with Gasteiger partial charge in [0.15, 0.2) is 15.7 Å². The molecule has 42 heavy (non-hydrogen) atoms. The highest BCUT2D eigenvalue weighted by molar-refractivity contribution is 7.90. The smallest absolute Gasteiger partial charge is 0.409 e. The Kier molecular flexibility index (Phi) is 8.71. The number of nitrogens with zero attached hydrogens (tertiary/aromatic N) is 2. The Hall–Kier alpha value is -5.04. The predicted octanol–water partition coefficient (Wildman–Crippen LogP) is 5.93. The lowest BCUT2D eigenvalue weighted by molar-refractivity contribution is -0.138. The number of carbonyl (C=O) groups is 1. The number of oxime groups is 1. The number of amidine groups is 1. The maximum atomic E-state index is 13.7. The summed E-state index contributed by atoms with van der Waals surface area (Å²) in [6, 6.07) is 23.0. The average molecular weight is 598 g/mol. The SMILES string of the molecule is CS(=O)(=O)c1ccccc1-c1ccc(NC(=O)N(Cc2ccccc2C(F)(F)F)Nc2cccc(C(N)=NO)c2)cc1. The first kappa shape index (κ1) is 29.9. The van der Waals surface area contributed by atoms with Crippen LogP contribution in [0.1, 0.15) is 16.7 Å². The zero-order valence-corrected chi connectivity index (χ0v) is 22.9. The van der Waals surface area contributed by atoms with Crippen LogP contribution in [0.15, 0.2) is 107 Å². The van der Waals surface area contributed by atoms with Gasteiger partial charge in [0.25, 0.3) is 0 Å². The zero-order chi connectivity index (χ0) is 30.5. The number of benzene rings is 4. The van der Waals surface area contributed by atoms with Gasteiger partial charge in [-0.2, -0.15) is 13.2 Å². The summed E-state index contributed by atoms with van der Waals surface area (Å²) >= 11 is 0. The summed E-state index contributed by atoms with van der Waals surface area (Å²) in [5, 5.41) is 15.5. The van der Waals surface area contributed by atoms with Crippen LogP contribution in [-0.2, 0) is 22.6 Å². The molecule has 0 fully saturated rings. The lowest BCUT2D eigenvalue weighted by Crippen LogP contribution is -2.39. The van der Waals surface area contributed by atoms with E-state index in [2.05, 4.69) is 15.9 Å². The average Bonchev–Trinajstić information content (AvgIpc) is 2.96. The Balaban J connectivity index is 1.64. The van der Waals surface area contributed by atoms with E-state index in [-0.39, 0.29) is 22.0 Å². The monoisotopic (exact) mass is 597 g/mol. The van der Waals surface area contributed by atoms with Gasteiger partial charge >= 0.3 is 12.2 Å². The minimum Gasteiger partial charge on any atom is -0.409 e. The molecule has 2 amide bonds. The zero-order valence-electron chi connectivity index (χ0n) is 22.1. The number of amides is 2. The highest BCUT2D eigenvalue weighted by atomic mass is 32.2. The van der Waals surface area contributed by atoms with E-state index in [0.29, 0.717) is 22.4 Å². The minimum absolute atomic E-state index is 0.148. The van der Waals surface area contributed by atoms with Gasteiger partial charge in [-0.25, -0.2) is 18.2 Å². The van der Waals surface area contributed by atoms with Crippen molar-refractivity contribution in [2.45, 2.75) is 17.6 Å². The van der Waals surface area contributed by atoms with Crippen molar-refractivity contribution >= 4 is 33.1 Å². The topological polar surface area (TPSA) is 137 Å². The molecular weight excluding hydrogens is 571 g/mol. The van der Waals surface area contributed by atoms with Crippen LogP contribution in [-0.4, -0.2) is 36.8 Å². The second kappa shape index (κ2) is 12.2. The van der Waals surface area contributed by atoms with Crippen molar-refractivity contribution in [3.63, 3.8) is 0 Å². The first-order valence-electron chi connectivity index (χ1n) is 12.3. The van der Waals surface area contributed by atoms with E-state index in [1.807, 2.05) is 0 Å². The Morgan fingerprint density at radius 1 is 0.929 bits per heavy atom. The van der Waals surface area contributed by atoms with Crippen LogP contribution in [0, 0.1) is 0 Å². The summed E-state index contributed by atoms with van der Waals surface area (Å²) in [6.07, 6.45) is -3.54. The van der Waals surface area contributed by atoms with Gasteiger partial charge in [-0.05, 0) is 47.5 Å². The summed E-state index contributed by atoms with van der Waals surface area (Å²) in [7, 11) is -3.50. The molecule has 0 saturated heterocycles. The van der Waals surface area contributed by atoms with Gasteiger partial charge in [-0.1, -0.05) is 65.8 Å². The first-order valence-corrected chi connectivity index (χ1v) is 14.2. The number of sulfone groups is 1. The molecule has 5 N–H and O–H groups in total. The van der Waals surface area contributed by atoms with Gasteiger partial charge < -0.3 is 16.3 Å². The number of hydrogen-bond donors (Lipinski definition) is 4. The minimum atomic E-state index is -4.65. The van der Waals surface area contributed by atoms with Crippen molar-refractivity contribution in [3.8, 4) is 11.1 Å². The Morgan fingerprint density at radius 2 is 1.60 bits per heavy atom. The maximum absolute atomic E-state index is 13.7. The van der Waals surface area contributed by atoms with Crippen LogP contribution < -0.4 is 16.5 Å². The van der Waals surface area contributed by atoms with Gasteiger partial charge in [0.1, 0.15) is 0 Å². The second-order valence-corrected chi connectivity index (χ2v) is 11.2. The summed E-state index contributed by atoms with van der Waals surface area (Å²) in [6.45, 7) is -0.477. The summed E-state index contributed by atoms with van der Waals surface area (Å²) in [5.74, 6) is -0.199. The molecule has 4 rings (SSSR count). The van der Waals surface area contributed by atoms with Crippen LogP contribution >= 0.6 is 0 Å². The molecule has 0 unspecified atom stereocenters. The molecule has 0 aliphatic heterocycles. The number of rotatable bonds is 8. The van der Waals surface area contributed by atoms with Crippen LogP contribution in [0.2, 0.25) is 0 Å². The fourth-order valence-corrected chi connectivity index (χ4v) is 5.09. The van der Waals surface area contributed by atoms with Crippen molar-refractivity contribution < 1.29 is 31.6 Å². The quantitative estimate of drug-likeness (QED) is 0.0860. The van der Waals surface area contributed by atoms with E-state index < -0.39 is 34.2 Å². The molecular formula is C29H26F3N5O4S. The molecule has 0 aromatic heterocycles. The fourth-order valence-electron chi connectivity index (χ4n) is 4.18. The normalized spacial score (nSPS) is 12.0. The first-order chi connectivity index (χ1) is 19.9. The summed E-state index contributed by atoms with van der Waals surface area (Å²) < 4.78 is 65.5. The lowest BCUT2D eigenvalue weighted by Gasteiger charge is -2.26. The molecule has 0 atom stereocenters. The number of carbonyl (C=O) groups excluding carboxylic acids is 1. The van der Waals surface area contributed by atoms with Crippen molar-refractivity contribution in [3.05, 3.63) is 114 Å². The fraction of sp³-hybridized carbons (Fsp3) is 0.103. The van der Waals surface area contributed by atoms with Gasteiger partial charge in [0.2, 0.25) is 0 Å². The van der Waals surface area contributed by atoms with Gasteiger partial charge in [0.05, 0.1) is 22.7 Å². The van der Waals surface area contributed by atoms with Crippen LogP contribution in [0.3, 0.4) is 0 Å². The molecule has 0 radical (unpaired) electrons. The summed E-state index contributed by atoms with van der Waals surface area (Å²) in [5.41, 5.74) is 9.37. The van der Waals surface area contributed by atoms with Crippen molar-refractivity contribution in [2.75, 3.05) is 17.0 Å². The number of nitrogens with one attached hydrogen (secondary N) is 2. The van der Waals surface area contributed by atoms with Crippen molar-refractivity contribution in [2.24, 2.45) is 10.9 Å². The number of anilines is 2. The predicted molar refractivity (Wildman–Crippen MR) is 154 cm³/mol. The second-order valence-electron chi connectivity index (χ2n) is 9.19. The Morgan fingerprint density at radius 3 is 2.26 bits per heavy atom. The Labute approximate surface area is 240 Å². The number of urea groups is 1. The molecule has 0 spiro atoms. The van der Waals surface area contributed by atoms with Gasteiger partial charge in [-0.15, -0.1) is 0 Å². The molecule has 13 heteroatoms.